The van der Waals surface area contributed by atoms with Gasteiger partial charge in [-0.15, -0.1) is 0 Å². The zero-order valence-corrected chi connectivity index (χ0v) is 16.9. The zero-order chi connectivity index (χ0) is 21.1. The van der Waals surface area contributed by atoms with Crippen molar-refractivity contribution in [3.05, 3.63) is 29.6 Å². The first-order valence-electron chi connectivity index (χ1n) is 9.09. The predicted octanol–water partition coefficient (Wildman–Crippen LogP) is 2.39. The third kappa shape index (κ3) is 5.03. The molecule has 0 N–H and O–H groups in total. The molecule has 1 aromatic rings. The van der Waals surface area contributed by atoms with Gasteiger partial charge in [-0.25, -0.2) is 21.6 Å². The smallest absolute Gasteiger partial charge is 0.251 e. The molecule has 0 aliphatic carbocycles. The molecule has 10 heteroatoms. The molecule has 1 unspecified atom stereocenters. The molecule has 0 spiro atoms. The summed E-state index contributed by atoms with van der Waals surface area (Å²) in [5.41, 5.74) is 0. The average molecular weight is 422 g/mol. The minimum absolute atomic E-state index is 0.0782. The lowest BCUT2D eigenvalue weighted by Gasteiger charge is -2.35. The number of rotatable bonds is 7. The van der Waals surface area contributed by atoms with E-state index in [1.165, 1.54) is 4.90 Å². The van der Waals surface area contributed by atoms with Gasteiger partial charge in [0.1, 0.15) is 11.0 Å². The summed E-state index contributed by atoms with van der Waals surface area (Å²) in [7, 11) is -4.34. The molecule has 2 rings (SSSR count). The van der Waals surface area contributed by atoms with Crippen LogP contribution in [0.2, 0.25) is 0 Å². The van der Waals surface area contributed by atoms with Gasteiger partial charge in [-0.2, -0.15) is 4.31 Å². The summed E-state index contributed by atoms with van der Waals surface area (Å²) in [6, 6.07) is 1.27. The highest BCUT2D eigenvalue weighted by Gasteiger charge is 2.34. The lowest BCUT2D eigenvalue weighted by molar-refractivity contribution is -0.144. The first-order valence-corrected chi connectivity index (χ1v) is 10.5. The number of hydrogen-bond acceptors (Lipinski definition) is 4. The summed E-state index contributed by atoms with van der Waals surface area (Å²) in [4.78, 5) is 13.0. The van der Waals surface area contributed by atoms with Crippen molar-refractivity contribution in [3.63, 3.8) is 0 Å². The Hall–Kier alpha value is -1.65. The fourth-order valence-corrected chi connectivity index (χ4v) is 4.28. The fourth-order valence-electron chi connectivity index (χ4n) is 2.80. The maximum atomic E-state index is 13.9. The summed E-state index contributed by atoms with van der Waals surface area (Å²) in [5.74, 6) is -4.83. The average Bonchev–Trinajstić information content (AvgIpc) is 2.65. The summed E-state index contributed by atoms with van der Waals surface area (Å²) in [6.07, 6.45) is 0.175. The molecular formula is C18H25F3N2O4S. The third-order valence-corrected chi connectivity index (χ3v) is 6.49. The molecule has 1 saturated heterocycles. The number of benzene rings is 1. The molecule has 1 aliphatic heterocycles. The van der Waals surface area contributed by atoms with E-state index in [0.717, 1.165) is 10.7 Å². The van der Waals surface area contributed by atoms with E-state index in [1.807, 2.05) is 13.8 Å². The zero-order valence-electron chi connectivity index (χ0n) is 16.1. The maximum absolute atomic E-state index is 13.9. The van der Waals surface area contributed by atoms with Gasteiger partial charge in [0.15, 0.2) is 17.5 Å². The van der Waals surface area contributed by atoms with Gasteiger partial charge in [-0.05, 0) is 31.4 Å². The quantitative estimate of drug-likeness (QED) is 0.633. The number of carbonyl (C=O) groups is 1. The highest BCUT2D eigenvalue weighted by atomic mass is 32.2. The molecule has 158 valence electrons. The fraction of sp³-hybridized carbons (Fsp3) is 0.611. The molecule has 28 heavy (non-hydrogen) atoms. The Bertz CT molecular complexity index is 809. The van der Waals surface area contributed by atoms with Crippen LogP contribution in [0.3, 0.4) is 0 Å². The predicted molar refractivity (Wildman–Crippen MR) is 96.5 cm³/mol. The van der Waals surface area contributed by atoms with E-state index in [4.69, 9.17) is 4.74 Å². The van der Waals surface area contributed by atoms with Gasteiger partial charge in [0.2, 0.25) is 10.0 Å². The van der Waals surface area contributed by atoms with E-state index < -0.39 is 38.5 Å². The van der Waals surface area contributed by atoms with Crippen molar-refractivity contribution in [2.75, 3.05) is 32.8 Å². The molecule has 1 amide bonds. The standard InChI is InChI=1S/C18H25F3N2O4S/c1-12(2)6-11-27-13(3)18(24)22-7-9-23(10-8-22)28(25,26)15-5-4-14(19)16(20)17(15)21/h4-5,12-13H,6-11H2,1-3H3. The second kappa shape index (κ2) is 9.23. The third-order valence-electron chi connectivity index (χ3n) is 4.58. The van der Waals surface area contributed by atoms with E-state index in [9.17, 15) is 26.4 Å². The summed E-state index contributed by atoms with van der Waals surface area (Å²) in [6.45, 7) is 6.23. The molecular weight excluding hydrogens is 397 g/mol. The van der Waals surface area contributed by atoms with Gasteiger partial charge in [0, 0.05) is 32.8 Å². The number of nitrogens with zero attached hydrogens (tertiary/aromatic N) is 2. The van der Waals surface area contributed by atoms with Crippen LogP contribution in [0.5, 0.6) is 0 Å². The van der Waals surface area contributed by atoms with Gasteiger partial charge in [0.05, 0.1) is 0 Å². The number of ether oxygens (including phenoxy) is 1. The molecule has 0 saturated carbocycles. The van der Waals surface area contributed by atoms with Crippen LogP contribution in [0.15, 0.2) is 17.0 Å². The van der Waals surface area contributed by atoms with Crippen LogP contribution >= 0.6 is 0 Å². The van der Waals surface area contributed by atoms with E-state index in [0.29, 0.717) is 24.7 Å². The molecule has 0 radical (unpaired) electrons. The molecule has 1 heterocycles. The second-order valence-electron chi connectivity index (χ2n) is 7.10. The Morgan fingerprint density at radius 1 is 1.07 bits per heavy atom. The van der Waals surface area contributed by atoms with Crippen molar-refractivity contribution in [2.45, 2.75) is 38.2 Å². The van der Waals surface area contributed by atoms with Crippen molar-refractivity contribution >= 4 is 15.9 Å². The van der Waals surface area contributed by atoms with Crippen molar-refractivity contribution < 1.29 is 31.1 Å². The van der Waals surface area contributed by atoms with Gasteiger partial charge < -0.3 is 9.64 Å². The highest BCUT2D eigenvalue weighted by molar-refractivity contribution is 7.89. The minimum atomic E-state index is -4.34. The minimum Gasteiger partial charge on any atom is -0.369 e. The molecule has 6 nitrogen and oxygen atoms in total. The normalized spacial score (nSPS) is 17.2. The topological polar surface area (TPSA) is 66.9 Å². The number of piperazine rings is 1. The Morgan fingerprint density at radius 3 is 2.25 bits per heavy atom. The Kier molecular flexibility index (Phi) is 7.46. The maximum Gasteiger partial charge on any atom is 0.251 e. The molecule has 1 atom stereocenters. The van der Waals surface area contributed by atoms with Crippen LogP contribution in [-0.4, -0.2) is 62.4 Å². The largest absolute Gasteiger partial charge is 0.369 e. The number of hydrogen-bond donors (Lipinski definition) is 0. The van der Waals surface area contributed by atoms with Crippen LogP contribution in [0.4, 0.5) is 13.2 Å². The van der Waals surface area contributed by atoms with Crippen molar-refractivity contribution in [1.82, 2.24) is 9.21 Å². The lowest BCUT2D eigenvalue weighted by atomic mass is 10.1. The highest BCUT2D eigenvalue weighted by Crippen LogP contribution is 2.24. The van der Waals surface area contributed by atoms with E-state index in [1.54, 1.807) is 6.92 Å². The van der Waals surface area contributed by atoms with Crippen LogP contribution in [-0.2, 0) is 19.6 Å². The number of sulfonamides is 1. The Morgan fingerprint density at radius 2 is 1.68 bits per heavy atom. The molecule has 1 aromatic carbocycles. The van der Waals surface area contributed by atoms with Crippen molar-refractivity contribution in [3.8, 4) is 0 Å². The van der Waals surface area contributed by atoms with E-state index in [-0.39, 0.29) is 32.1 Å². The first kappa shape index (κ1) is 22.6. The summed E-state index contributed by atoms with van der Waals surface area (Å²) in [5, 5.41) is 0. The number of halogens is 3. The van der Waals surface area contributed by atoms with Crippen LogP contribution in [0, 0.1) is 23.4 Å². The molecule has 0 bridgehead atoms. The number of carbonyl (C=O) groups excluding carboxylic acids is 1. The molecule has 1 aliphatic rings. The Balaban J connectivity index is 1.99. The SMILES string of the molecule is CC(C)CCOC(C)C(=O)N1CCN(S(=O)(=O)c2ccc(F)c(F)c2F)CC1. The van der Waals surface area contributed by atoms with E-state index in [2.05, 4.69) is 0 Å². The van der Waals surface area contributed by atoms with Crippen LogP contribution in [0.25, 0.3) is 0 Å². The van der Waals surface area contributed by atoms with Gasteiger partial charge in [-0.3, -0.25) is 4.79 Å². The van der Waals surface area contributed by atoms with Crippen LogP contribution in [0.1, 0.15) is 27.2 Å². The summed E-state index contributed by atoms with van der Waals surface area (Å²) < 4.78 is 71.9. The number of amides is 1. The van der Waals surface area contributed by atoms with Gasteiger partial charge in [-0.1, -0.05) is 13.8 Å². The van der Waals surface area contributed by atoms with Crippen molar-refractivity contribution in [1.29, 1.82) is 0 Å². The van der Waals surface area contributed by atoms with E-state index >= 15 is 0 Å². The first-order chi connectivity index (χ1) is 13.1. The van der Waals surface area contributed by atoms with Crippen molar-refractivity contribution in [2.24, 2.45) is 5.92 Å². The monoisotopic (exact) mass is 422 g/mol. The summed E-state index contributed by atoms with van der Waals surface area (Å²) >= 11 is 0. The lowest BCUT2D eigenvalue weighted by Crippen LogP contribution is -2.52. The molecule has 1 fully saturated rings. The van der Waals surface area contributed by atoms with Gasteiger partial charge >= 0.3 is 0 Å². The Labute approximate surface area is 163 Å². The van der Waals surface area contributed by atoms with Gasteiger partial charge in [0.25, 0.3) is 5.91 Å². The van der Waals surface area contributed by atoms with Crippen LogP contribution < -0.4 is 0 Å². The molecule has 0 aromatic heterocycles. The second-order valence-corrected chi connectivity index (χ2v) is 9.00.